The Bertz CT molecular complexity index is 486. The number of piperazine rings is 1. The molecular formula is C17H27N3O. The molecule has 1 N–H and O–H groups in total. The molecule has 0 saturated carbocycles. The van der Waals surface area contributed by atoms with E-state index in [1.165, 1.54) is 55.8 Å². The summed E-state index contributed by atoms with van der Waals surface area (Å²) in [7, 11) is 2.19. The molecule has 1 aromatic rings. The normalized spacial score (nSPS) is 20.4. The average Bonchev–Trinajstić information content (AvgIpc) is 2.87. The number of likely N-dealkylation sites (N-methyl/N-ethyl adjacent to an activating group) is 1. The predicted molar refractivity (Wildman–Crippen MR) is 85.1 cm³/mol. The van der Waals surface area contributed by atoms with Crippen LogP contribution in [-0.2, 0) is 19.3 Å². The molecule has 4 nitrogen and oxygen atoms in total. The Balaban J connectivity index is 1.57. The van der Waals surface area contributed by atoms with E-state index < -0.39 is 0 Å². The minimum atomic E-state index is 0.847. The van der Waals surface area contributed by atoms with Crippen LogP contribution in [0.1, 0.15) is 46.6 Å². The fourth-order valence-electron chi connectivity index (χ4n) is 3.71. The van der Waals surface area contributed by atoms with Gasteiger partial charge in [-0.2, -0.15) is 0 Å². The first-order chi connectivity index (χ1) is 10.3. The summed E-state index contributed by atoms with van der Waals surface area (Å²) in [5, 5.41) is 0. The first-order valence-corrected chi connectivity index (χ1v) is 8.36. The number of fused-ring (bicyclic) bond motifs is 1. The zero-order valence-electron chi connectivity index (χ0n) is 13.2. The van der Waals surface area contributed by atoms with Gasteiger partial charge in [0.05, 0.1) is 5.69 Å². The van der Waals surface area contributed by atoms with Gasteiger partial charge in [-0.1, -0.05) is 0 Å². The van der Waals surface area contributed by atoms with Gasteiger partial charge in [0.2, 0.25) is 0 Å². The zero-order chi connectivity index (χ0) is 14.7. The quantitative estimate of drug-likeness (QED) is 0.841. The molecule has 0 unspecified atom stereocenters. The van der Waals surface area contributed by atoms with E-state index in [1.807, 2.05) is 0 Å². The summed E-state index contributed by atoms with van der Waals surface area (Å²) < 4.78 is 0. The molecule has 2 aliphatic rings. The SMILES string of the molecule is CN1CCN(CCCc2c(C=O)[nH]c3c2CCCC3)CC1. The molecule has 0 aromatic carbocycles. The molecular weight excluding hydrogens is 262 g/mol. The van der Waals surface area contributed by atoms with E-state index in [0.717, 1.165) is 44.2 Å². The third-order valence-corrected chi connectivity index (χ3v) is 5.06. The average molecular weight is 289 g/mol. The standard InChI is InChI=1S/C17H27N3O/c1-19-9-11-20(12-10-19)8-4-6-15-14-5-2-3-7-16(14)18-17(15)13-21/h13,18H,2-12H2,1H3. The van der Waals surface area contributed by atoms with Gasteiger partial charge in [0, 0.05) is 31.9 Å². The lowest BCUT2D eigenvalue weighted by molar-refractivity contribution is 0.111. The van der Waals surface area contributed by atoms with Gasteiger partial charge >= 0.3 is 0 Å². The van der Waals surface area contributed by atoms with Crippen molar-refractivity contribution in [2.75, 3.05) is 39.8 Å². The summed E-state index contributed by atoms with van der Waals surface area (Å²) in [5.74, 6) is 0. The van der Waals surface area contributed by atoms with Crippen molar-refractivity contribution in [3.05, 3.63) is 22.5 Å². The first kappa shape index (κ1) is 14.8. The van der Waals surface area contributed by atoms with Gasteiger partial charge < -0.3 is 14.8 Å². The van der Waals surface area contributed by atoms with E-state index in [-0.39, 0.29) is 0 Å². The molecule has 0 amide bonds. The van der Waals surface area contributed by atoms with Crippen molar-refractivity contribution in [3.8, 4) is 0 Å². The van der Waals surface area contributed by atoms with Crippen molar-refractivity contribution in [2.45, 2.75) is 38.5 Å². The summed E-state index contributed by atoms with van der Waals surface area (Å²) >= 11 is 0. The van der Waals surface area contributed by atoms with Crippen molar-refractivity contribution in [1.29, 1.82) is 0 Å². The van der Waals surface area contributed by atoms with Crippen molar-refractivity contribution in [3.63, 3.8) is 0 Å². The third kappa shape index (κ3) is 3.38. The Morgan fingerprint density at radius 2 is 1.90 bits per heavy atom. The van der Waals surface area contributed by atoms with E-state index in [9.17, 15) is 4.79 Å². The maximum absolute atomic E-state index is 11.3. The van der Waals surface area contributed by atoms with Crippen LogP contribution in [0.2, 0.25) is 0 Å². The third-order valence-electron chi connectivity index (χ3n) is 5.06. The summed E-state index contributed by atoms with van der Waals surface area (Å²) in [6, 6.07) is 0. The minimum absolute atomic E-state index is 0.847. The molecule has 1 aliphatic carbocycles. The number of hydrogen-bond acceptors (Lipinski definition) is 3. The predicted octanol–water partition coefficient (Wildman–Crippen LogP) is 1.89. The molecule has 1 fully saturated rings. The number of nitrogens with one attached hydrogen (secondary N) is 1. The molecule has 0 spiro atoms. The van der Waals surface area contributed by atoms with Crippen molar-refractivity contribution < 1.29 is 4.79 Å². The van der Waals surface area contributed by atoms with Crippen LogP contribution in [-0.4, -0.2) is 60.8 Å². The highest BCUT2D eigenvalue weighted by atomic mass is 16.1. The van der Waals surface area contributed by atoms with Gasteiger partial charge in [0.1, 0.15) is 0 Å². The highest BCUT2D eigenvalue weighted by Crippen LogP contribution is 2.27. The summed E-state index contributed by atoms with van der Waals surface area (Å²) in [5.41, 5.74) is 4.95. The molecule has 2 heterocycles. The van der Waals surface area contributed by atoms with E-state index in [0.29, 0.717) is 0 Å². The molecule has 4 heteroatoms. The number of hydrogen-bond donors (Lipinski definition) is 1. The number of carbonyl (C=O) groups is 1. The molecule has 0 bridgehead atoms. The number of carbonyl (C=O) groups excluding carboxylic acids is 1. The second-order valence-corrected chi connectivity index (χ2v) is 6.55. The number of aromatic amines is 1. The van der Waals surface area contributed by atoms with E-state index in [2.05, 4.69) is 21.8 Å². The molecule has 0 radical (unpaired) electrons. The highest BCUT2D eigenvalue weighted by molar-refractivity contribution is 5.76. The van der Waals surface area contributed by atoms with Crippen LogP contribution >= 0.6 is 0 Å². The number of aromatic nitrogens is 1. The Kier molecular flexibility index (Phi) is 4.76. The summed E-state index contributed by atoms with van der Waals surface area (Å²) in [6.45, 7) is 5.88. The highest BCUT2D eigenvalue weighted by Gasteiger charge is 2.20. The Morgan fingerprint density at radius 1 is 1.14 bits per heavy atom. The maximum atomic E-state index is 11.3. The monoisotopic (exact) mass is 289 g/mol. The van der Waals surface area contributed by atoms with E-state index >= 15 is 0 Å². The molecule has 21 heavy (non-hydrogen) atoms. The van der Waals surface area contributed by atoms with Crippen molar-refractivity contribution in [2.24, 2.45) is 0 Å². The molecule has 116 valence electrons. The van der Waals surface area contributed by atoms with Crippen LogP contribution in [0.5, 0.6) is 0 Å². The number of aldehydes is 1. The largest absolute Gasteiger partial charge is 0.356 e. The fraction of sp³-hybridized carbons (Fsp3) is 0.706. The van der Waals surface area contributed by atoms with Gasteiger partial charge in [-0.25, -0.2) is 0 Å². The van der Waals surface area contributed by atoms with Crippen LogP contribution in [0.25, 0.3) is 0 Å². The second-order valence-electron chi connectivity index (χ2n) is 6.55. The van der Waals surface area contributed by atoms with Gasteiger partial charge in [-0.3, -0.25) is 4.79 Å². The summed E-state index contributed by atoms with van der Waals surface area (Å²) in [4.78, 5) is 19.6. The van der Waals surface area contributed by atoms with Crippen molar-refractivity contribution >= 4 is 6.29 Å². The number of H-pyrrole nitrogens is 1. The van der Waals surface area contributed by atoms with Gasteiger partial charge in [-0.15, -0.1) is 0 Å². The Hall–Kier alpha value is -1.13. The van der Waals surface area contributed by atoms with Gasteiger partial charge in [-0.05, 0) is 63.2 Å². The topological polar surface area (TPSA) is 39.3 Å². The first-order valence-electron chi connectivity index (χ1n) is 8.36. The molecule has 1 saturated heterocycles. The minimum Gasteiger partial charge on any atom is -0.356 e. The lowest BCUT2D eigenvalue weighted by Gasteiger charge is -2.32. The molecule has 3 rings (SSSR count). The van der Waals surface area contributed by atoms with E-state index in [4.69, 9.17) is 0 Å². The van der Waals surface area contributed by atoms with Gasteiger partial charge in [0.25, 0.3) is 0 Å². The van der Waals surface area contributed by atoms with Crippen LogP contribution in [0.4, 0.5) is 0 Å². The Labute approximate surface area is 127 Å². The smallest absolute Gasteiger partial charge is 0.166 e. The van der Waals surface area contributed by atoms with Gasteiger partial charge in [0.15, 0.2) is 6.29 Å². The lowest BCUT2D eigenvalue weighted by Crippen LogP contribution is -2.44. The van der Waals surface area contributed by atoms with Crippen LogP contribution in [0.3, 0.4) is 0 Å². The van der Waals surface area contributed by atoms with Crippen LogP contribution < -0.4 is 0 Å². The van der Waals surface area contributed by atoms with Crippen LogP contribution in [0, 0.1) is 0 Å². The van der Waals surface area contributed by atoms with Crippen molar-refractivity contribution in [1.82, 2.24) is 14.8 Å². The summed E-state index contributed by atoms with van der Waals surface area (Å²) in [6.07, 6.45) is 8.03. The number of nitrogens with zero attached hydrogens (tertiary/aromatic N) is 2. The van der Waals surface area contributed by atoms with Crippen LogP contribution in [0.15, 0.2) is 0 Å². The lowest BCUT2D eigenvalue weighted by atomic mass is 9.92. The number of rotatable bonds is 5. The number of aryl methyl sites for hydroxylation is 1. The van der Waals surface area contributed by atoms with E-state index in [1.54, 1.807) is 0 Å². The molecule has 0 atom stereocenters. The maximum Gasteiger partial charge on any atom is 0.166 e. The molecule has 1 aliphatic heterocycles. The molecule has 1 aromatic heterocycles. The second kappa shape index (κ2) is 6.75. The Morgan fingerprint density at radius 3 is 2.67 bits per heavy atom. The fourth-order valence-corrected chi connectivity index (χ4v) is 3.71. The zero-order valence-corrected chi connectivity index (χ0v) is 13.2.